The van der Waals surface area contributed by atoms with Crippen molar-refractivity contribution in [1.29, 1.82) is 0 Å². The number of imidazole rings is 1. The fourth-order valence-corrected chi connectivity index (χ4v) is 4.12. The summed E-state index contributed by atoms with van der Waals surface area (Å²) in [7, 11) is -3.19. The van der Waals surface area contributed by atoms with Gasteiger partial charge in [-0.1, -0.05) is 0 Å². The number of nitrogens with one attached hydrogen (secondary N) is 1. The number of carbonyl (C=O) groups is 1. The van der Waals surface area contributed by atoms with E-state index in [-0.39, 0.29) is 23.5 Å². The molecule has 1 aromatic carbocycles. The van der Waals surface area contributed by atoms with Gasteiger partial charge in [0, 0.05) is 24.8 Å². The molecular formula is C17H21FN4O3S. The van der Waals surface area contributed by atoms with Crippen LogP contribution in [0, 0.1) is 5.82 Å². The monoisotopic (exact) mass is 380 g/mol. The lowest BCUT2D eigenvalue weighted by atomic mass is 10.1. The third-order valence-electron chi connectivity index (χ3n) is 4.52. The number of piperidine rings is 1. The first-order chi connectivity index (χ1) is 12.4. The summed E-state index contributed by atoms with van der Waals surface area (Å²) in [5.74, 6) is -0.557. The van der Waals surface area contributed by atoms with Crippen LogP contribution in [0.25, 0.3) is 5.69 Å². The van der Waals surface area contributed by atoms with Gasteiger partial charge >= 0.3 is 0 Å². The van der Waals surface area contributed by atoms with Crippen LogP contribution in [-0.2, 0) is 10.0 Å². The van der Waals surface area contributed by atoms with E-state index in [0.717, 1.165) is 0 Å². The van der Waals surface area contributed by atoms with Crippen LogP contribution in [-0.4, -0.2) is 53.1 Å². The second-order valence-corrected chi connectivity index (χ2v) is 8.43. The average Bonchev–Trinajstić information content (AvgIpc) is 3.13. The van der Waals surface area contributed by atoms with Crippen LogP contribution in [0.1, 0.15) is 30.3 Å². The summed E-state index contributed by atoms with van der Waals surface area (Å²) >= 11 is 0. The topological polar surface area (TPSA) is 84.3 Å². The number of sulfonamides is 1. The van der Waals surface area contributed by atoms with Gasteiger partial charge in [0.15, 0.2) is 0 Å². The van der Waals surface area contributed by atoms with Crippen molar-refractivity contribution in [1.82, 2.24) is 19.2 Å². The van der Waals surface area contributed by atoms with Gasteiger partial charge in [-0.25, -0.2) is 22.1 Å². The fourth-order valence-electron chi connectivity index (χ4n) is 2.99. The minimum atomic E-state index is -3.19. The number of hydrogen-bond donors (Lipinski definition) is 1. The van der Waals surface area contributed by atoms with Crippen molar-refractivity contribution < 1.29 is 17.6 Å². The van der Waals surface area contributed by atoms with E-state index in [1.165, 1.54) is 29.0 Å². The lowest BCUT2D eigenvalue weighted by Crippen LogP contribution is -2.47. The zero-order valence-electron chi connectivity index (χ0n) is 14.4. The highest BCUT2D eigenvalue weighted by molar-refractivity contribution is 7.89. The molecule has 26 heavy (non-hydrogen) atoms. The number of carbonyl (C=O) groups excluding carboxylic acids is 1. The molecule has 1 fully saturated rings. The maximum absolute atomic E-state index is 13.1. The highest BCUT2D eigenvalue weighted by Gasteiger charge is 2.28. The van der Waals surface area contributed by atoms with E-state index >= 15 is 0 Å². The lowest BCUT2D eigenvalue weighted by Gasteiger charge is -2.31. The number of amides is 1. The van der Waals surface area contributed by atoms with E-state index in [4.69, 9.17) is 0 Å². The molecule has 1 amide bonds. The number of aromatic nitrogens is 2. The SMILES string of the molecule is CCS(=O)(=O)N1CCC(NC(=O)c2cncn2-c2ccc(F)cc2)CC1. The van der Waals surface area contributed by atoms with Crippen molar-refractivity contribution in [3.05, 3.63) is 48.3 Å². The number of benzene rings is 1. The molecule has 1 saturated heterocycles. The van der Waals surface area contributed by atoms with E-state index in [9.17, 15) is 17.6 Å². The Morgan fingerprint density at radius 2 is 1.92 bits per heavy atom. The molecule has 1 aromatic heterocycles. The van der Waals surface area contributed by atoms with Crippen molar-refractivity contribution in [3.8, 4) is 5.69 Å². The average molecular weight is 380 g/mol. The molecule has 9 heteroatoms. The van der Waals surface area contributed by atoms with Crippen molar-refractivity contribution in [2.24, 2.45) is 0 Å². The highest BCUT2D eigenvalue weighted by atomic mass is 32.2. The molecule has 1 aliphatic heterocycles. The van der Waals surface area contributed by atoms with E-state index < -0.39 is 10.0 Å². The van der Waals surface area contributed by atoms with Gasteiger partial charge < -0.3 is 5.32 Å². The first kappa shape index (κ1) is 18.5. The zero-order valence-corrected chi connectivity index (χ0v) is 15.2. The number of halogens is 1. The molecule has 1 aliphatic rings. The van der Waals surface area contributed by atoms with Gasteiger partial charge in [-0.15, -0.1) is 0 Å². The standard InChI is InChI=1S/C17H21FN4O3S/c1-2-26(24,25)21-9-7-14(8-10-21)20-17(23)16-11-19-12-22(16)15-5-3-13(18)4-6-15/h3-6,11-12,14H,2,7-10H2,1H3,(H,20,23). The van der Waals surface area contributed by atoms with E-state index in [1.54, 1.807) is 23.6 Å². The summed E-state index contributed by atoms with van der Waals surface area (Å²) in [4.78, 5) is 16.6. The minimum Gasteiger partial charge on any atom is -0.348 e. The molecule has 140 valence electrons. The Kier molecular flexibility index (Phi) is 5.38. The molecule has 3 rings (SSSR count). The van der Waals surface area contributed by atoms with Gasteiger partial charge in [0.1, 0.15) is 11.5 Å². The van der Waals surface area contributed by atoms with E-state index in [1.807, 2.05) is 0 Å². The first-order valence-electron chi connectivity index (χ1n) is 8.47. The van der Waals surface area contributed by atoms with Crippen molar-refractivity contribution in [2.45, 2.75) is 25.8 Å². The fraction of sp³-hybridized carbons (Fsp3) is 0.412. The Labute approximate surface area is 151 Å². The summed E-state index contributed by atoms with van der Waals surface area (Å²) in [5.41, 5.74) is 0.984. The first-order valence-corrected chi connectivity index (χ1v) is 10.1. The van der Waals surface area contributed by atoms with Crippen LogP contribution in [0.5, 0.6) is 0 Å². The molecule has 2 heterocycles. The number of hydrogen-bond acceptors (Lipinski definition) is 4. The summed E-state index contributed by atoms with van der Waals surface area (Å²) in [6, 6.07) is 5.69. The van der Waals surface area contributed by atoms with Gasteiger partial charge in [0.05, 0.1) is 18.3 Å². The lowest BCUT2D eigenvalue weighted by molar-refractivity contribution is 0.0917. The van der Waals surface area contributed by atoms with Crippen LogP contribution in [0.15, 0.2) is 36.8 Å². The van der Waals surface area contributed by atoms with Gasteiger partial charge in [0.25, 0.3) is 5.91 Å². The van der Waals surface area contributed by atoms with Crippen LogP contribution in [0.3, 0.4) is 0 Å². The maximum atomic E-state index is 13.1. The summed E-state index contributed by atoms with van der Waals surface area (Å²) in [5, 5.41) is 2.94. The molecule has 0 bridgehead atoms. The van der Waals surface area contributed by atoms with E-state index in [0.29, 0.717) is 37.3 Å². The Balaban J connectivity index is 1.65. The normalized spacial score (nSPS) is 16.5. The van der Waals surface area contributed by atoms with Crippen LogP contribution < -0.4 is 5.32 Å². The molecule has 0 unspecified atom stereocenters. The second-order valence-electron chi connectivity index (χ2n) is 6.17. The third kappa shape index (κ3) is 3.94. The van der Waals surface area contributed by atoms with Crippen LogP contribution >= 0.6 is 0 Å². The summed E-state index contributed by atoms with van der Waals surface area (Å²) in [6.07, 6.45) is 4.08. The zero-order chi connectivity index (χ0) is 18.7. The Morgan fingerprint density at radius 3 is 2.54 bits per heavy atom. The molecule has 7 nitrogen and oxygen atoms in total. The maximum Gasteiger partial charge on any atom is 0.270 e. The Hall–Kier alpha value is -2.26. The molecule has 0 saturated carbocycles. The molecule has 2 aromatic rings. The Morgan fingerprint density at radius 1 is 1.27 bits per heavy atom. The van der Waals surface area contributed by atoms with Crippen LogP contribution in [0.2, 0.25) is 0 Å². The van der Waals surface area contributed by atoms with Crippen LogP contribution in [0.4, 0.5) is 4.39 Å². The predicted octanol–water partition coefficient (Wildman–Crippen LogP) is 1.56. The summed E-state index contributed by atoms with van der Waals surface area (Å²) in [6.45, 7) is 2.43. The number of nitrogens with zero attached hydrogens (tertiary/aromatic N) is 3. The second kappa shape index (κ2) is 7.55. The predicted molar refractivity (Wildman–Crippen MR) is 95.0 cm³/mol. The smallest absolute Gasteiger partial charge is 0.270 e. The quantitative estimate of drug-likeness (QED) is 0.853. The molecular weight excluding hydrogens is 359 g/mol. The van der Waals surface area contributed by atoms with Crippen molar-refractivity contribution >= 4 is 15.9 Å². The molecule has 0 aliphatic carbocycles. The highest BCUT2D eigenvalue weighted by Crippen LogP contribution is 2.16. The van der Waals surface area contributed by atoms with E-state index in [2.05, 4.69) is 10.3 Å². The number of rotatable bonds is 5. The van der Waals surface area contributed by atoms with Gasteiger partial charge in [-0.05, 0) is 44.0 Å². The van der Waals surface area contributed by atoms with Gasteiger partial charge in [-0.3, -0.25) is 9.36 Å². The molecule has 0 atom stereocenters. The van der Waals surface area contributed by atoms with Gasteiger partial charge in [0.2, 0.25) is 10.0 Å². The molecule has 0 spiro atoms. The third-order valence-corrected chi connectivity index (χ3v) is 6.40. The Bertz CT molecular complexity index is 872. The van der Waals surface area contributed by atoms with Gasteiger partial charge in [-0.2, -0.15) is 0 Å². The minimum absolute atomic E-state index is 0.0842. The largest absolute Gasteiger partial charge is 0.348 e. The van der Waals surface area contributed by atoms with Crippen molar-refractivity contribution in [2.75, 3.05) is 18.8 Å². The summed E-state index contributed by atoms with van der Waals surface area (Å²) < 4.78 is 39.9. The molecule has 1 N–H and O–H groups in total. The molecule has 0 radical (unpaired) electrons. The van der Waals surface area contributed by atoms with Crippen molar-refractivity contribution in [3.63, 3.8) is 0 Å².